The summed E-state index contributed by atoms with van der Waals surface area (Å²) < 4.78 is 7.16. The predicted molar refractivity (Wildman–Crippen MR) is 70.6 cm³/mol. The molecule has 0 unspecified atom stereocenters. The molecular weight excluding hydrogens is 242 g/mol. The number of aromatic nitrogens is 4. The van der Waals surface area contributed by atoms with Crippen molar-refractivity contribution in [3.8, 4) is 11.4 Å². The van der Waals surface area contributed by atoms with Crippen molar-refractivity contribution in [3.63, 3.8) is 0 Å². The van der Waals surface area contributed by atoms with E-state index < -0.39 is 0 Å². The zero-order chi connectivity index (χ0) is 13.2. The number of nitrogens with one attached hydrogen (secondary N) is 1. The first-order chi connectivity index (χ1) is 9.26. The molecule has 0 aliphatic heterocycles. The first-order valence-electron chi connectivity index (χ1n) is 6.76. The lowest BCUT2D eigenvalue weighted by atomic mass is 9.86. The van der Waals surface area contributed by atoms with E-state index in [1.165, 1.54) is 12.8 Å². The Morgan fingerprint density at radius 2 is 2.11 bits per heavy atom. The van der Waals surface area contributed by atoms with Crippen LogP contribution < -0.4 is 5.32 Å². The van der Waals surface area contributed by atoms with Crippen LogP contribution in [0.1, 0.15) is 37.5 Å². The minimum atomic E-state index is 0.405. The van der Waals surface area contributed by atoms with E-state index in [1.54, 1.807) is 10.9 Å². The minimum absolute atomic E-state index is 0.405. The van der Waals surface area contributed by atoms with Gasteiger partial charge in [-0.3, -0.25) is 4.68 Å². The lowest BCUT2D eigenvalue weighted by molar-refractivity contribution is 0.289. The highest BCUT2D eigenvalue weighted by atomic mass is 16.5. The molecule has 2 aromatic rings. The highest BCUT2D eigenvalue weighted by Crippen LogP contribution is 2.32. The minimum Gasteiger partial charge on any atom is -0.339 e. The smallest absolute Gasteiger partial charge is 0.230 e. The second-order valence-corrected chi connectivity index (χ2v) is 5.20. The van der Waals surface area contributed by atoms with Crippen molar-refractivity contribution in [3.05, 3.63) is 18.3 Å². The lowest BCUT2D eigenvalue weighted by Gasteiger charge is -2.25. The van der Waals surface area contributed by atoms with Crippen molar-refractivity contribution < 1.29 is 4.52 Å². The molecule has 1 fully saturated rings. The topological polar surface area (TPSA) is 68.8 Å². The summed E-state index contributed by atoms with van der Waals surface area (Å²) in [5, 5.41) is 11.5. The van der Waals surface area contributed by atoms with E-state index in [0.717, 1.165) is 24.3 Å². The summed E-state index contributed by atoms with van der Waals surface area (Å²) in [6, 6.07) is 0.636. The van der Waals surface area contributed by atoms with Crippen LogP contribution in [0.3, 0.4) is 0 Å². The Kier molecular flexibility index (Phi) is 3.33. The van der Waals surface area contributed by atoms with Gasteiger partial charge >= 0.3 is 0 Å². The maximum Gasteiger partial charge on any atom is 0.230 e. The van der Waals surface area contributed by atoms with Gasteiger partial charge in [0.1, 0.15) is 0 Å². The quantitative estimate of drug-likeness (QED) is 0.911. The zero-order valence-corrected chi connectivity index (χ0v) is 11.3. The molecule has 1 aliphatic carbocycles. The van der Waals surface area contributed by atoms with Crippen LogP contribution in [-0.4, -0.2) is 33.0 Å². The highest BCUT2D eigenvalue weighted by molar-refractivity contribution is 5.51. The molecule has 0 saturated heterocycles. The molecule has 102 valence electrons. The molecule has 6 heteroatoms. The molecule has 3 rings (SSSR count). The number of rotatable bonds is 3. The van der Waals surface area contributed by atoms with Crippen LogP contribution in [0.25, 0.3) is 11.4 Å². The molecule has 0 amide bonds. The van der Waals surface area contributed by atoms with E-state index in [0.29, 0.717) is 17.8 Å². The number of hydrogen-bond acceptors (Lipinski definition) is 5. The summed E-state index contributed by atoms with van der Waals surface area (Å²) in [6.45, 7) is 0. The lowest BCUT2D eigenvalue weighted by Crippen LogP contribution is -2.29. The van der Waals surface area contributed by atoms with Crippen molar-refractivity contribution in [1.29, 1.82) is 0 Å². The van der Waals surface area contributed by atoms with E-state index in [9.17, 15) is 0 Å². The molecular formula is C13H19N5O. The Morgan fingerprint density at radius 3 is 2.74 bits per heavy atom. The van der Waals surface area contributed by atoms with Crippen LogP contribution >= 0.6 is 0 Å². The fourth-order valence-electron chi connectivity index (χ4n) is 2.68. The van der Waals surface area contributed by atoms with Crippen LogP contribution in [-0.2, 0) is 7.05 Å². The van der Waals surface area contributed by atoms with Gasteiger partial charge < -0.3 is 9.84 Å². The van der Waals surface area contributed by atoms with Gasteiger partial charge in [0.25, 0.3) is 0 Å². The van der Waals surface area contributed by atoms with Gasteiger partial charge in [0.15, 0.2) is 0 Å². The predicted octanol–water partition coefficient (Wildman–Crippen LogP) is 1.72. The average molecular weight is 261 g/mol. The van der Waals surface area contributed by atoms with E-state index in [1.807, 2.05) is 20.3 Å². The number of nitrogens with zero attached hydrogens (tertiary/aromatic N) is 4. The Balaban J connectivity index is 1.72. The Hall–Kier alpha value is -1.69. The molecule has 0 radical (unpaired) electrons. The maximum absolute atomic E-state index is 5.42. The third kappa shape index (κ3) is 2.53. The third-order valence-electron chi connectivity index (χ3n) is 3.89. The van der Waals surface area contributed by atoms with Crippen LogP contribution in [0.5, 0.6) is 0 Å². The van der Waals surface area contributed by atoms with Gasteiger partial charge in [-0.15, -0.1) is 0 Å². The molecule has 1 saturated carbocycles. The summed E-state index contributed by atoms with van der Waals surface area (Å²) >= 11 is 0. The van der Waals surface area contributed by atoms with Crippen molar-refractivity contribution >= 4 is 0 Å². The fraction of sp³-hybridized carbons (Fsp3) is 0.615. The maximum atomic E-state index is 5.42. The second kappa shape index (κ2) is 5.13. The summed E-state index contributed by atoms with van der Waals surface area (Å²) in [4.78, 5) is 4.52. The standard InChI is InChI=1S/C13H19N5O/c1-14-11-5-3-9(4-6-11)13-16-12(17-19-13)10-7-15-18(2)8-10/h7-9,11,14H,3-6H2,1-2H3. The SMILES string of the molecule is CNC1CCC(c2nc(-c3cnn(C)c3)no2)CC1. The molecule has 1 aliphatic rings. The molecule has 0 atom stereocenters. The van der Waals surface area contributed by atoms with Gasteiger partial charge in [-0.1, -0.05) is 5.16 Å². The van der Waals surface area contributed by atoms with Gasteiger partial charge in [-0.25, -0.2) is 0 Å². The van der Waals surface area contributed by atoms with E-state index in [4.69, 9.17) is 4.52 Å². The molecule has 2 heterocycles. The first-order valence-corrected chi connectivity index (χ1v) is 6.76. The van der Waals surface area contributed by atoms with Gasteiger partial charge in [0, 0.05) is 25.2 Å². The average Bonchev–Trinajstić information content (AvgIpc) is 3.07. The molecule has 2 aromatic heterocycles. The Labute approximate surface area is 112 Å². The Bertz CT molecular complexity index is 539. The molecule has 1 N–H and O–H groups in total. The van der Waals surface area contributed by atoms with Crippen LogP contribution in [0.15, 0.2) is 16.9 Å². The van der Waals surface area contributed by atoms with Crippen LogP contribution in [0.4, 0.5) is 0 Å². The van der Waals surface area contributed by atoms with Crippen LogP contribution in [0.2, 0.25) is 0 Å². The van der Waals surface area contributed by atoms with E-state index in [-0.39, 0.29) is 0 Å². The third-order valence-corrected chi connectivity index (χ3v) is 3.89. The summed E-state index contributed by atoms with van der Waals surface area (Å²) in [6.07, 6.45) is 8.22. The summed E-state index contributed by atoms with van der Waals surface area (Å²) in [5.74, 6) is 1.81. The van der Waals surface area contributed by atoms with E-state index in [2.05, 4.69) is 20.6 Å². The monoisotopic (exact) mass is 261 g/mol. The van der Waals surface area contributed by atoms with Gasteiger partial charge in [-0.2, -0.15) is 10.1 Å². The molecule has 0 bridgehead atoms. The zero-order valence-electron chi connectivity index (χ0n) is 11.3. The molecule has 6 nitrogen and oxygen atoms in total. The normalized spacial score (nSPS) is 23.7. The Morgan fingerprint density at radius 1 is 1.32 bits per heavy atom. The molecule has 0 aromatic carbocycles. The highest BCUT2D eigenvalue weighted by Gasteiger charge is 2.26. The van der Waals surface area contributed by atoms with Crippen molar-refractivity contribution in [2.24, 2.45) is 7.05 Å². The summed E-state index contributed by atoms with van der Waals surface area (Å²) in [7, 11) is 3.90. The van der Waals surface area contributed by atoms with E-state index >= 15 is 0 Å². The largest absolute Gasteiger partial charge is 0.339 e. The summed E-state index contributed by atoms with van der Waals surface area (Å²) in [5.41, 5.74) is 0.904. The second-order valence-electron chi connectivity index (χ2n) is 5.20. The fourth-order valence-corrected chi connectivity index (χ4v) is 2.68. The van der Waals surface area contributed by atoms with Gasteiger partial charge in [0.2, 0.25) is 11.7 Å². The molecule has 0 spiro atoms. The van der Waals surface area contributed by atoms with Gasteiger partial charge in [-0.05, 0) is 32.7 Å². The van der Waals surface area contributed by atoms with Crippen molar-refractivity contribution in [2.45, 2.75) is 37.6 Å². The molecule has 19 heavy (non-hydrogen) atoms. The van der Waals surface area contributed by atoms with Crippen molar-refractivity contribution in [2.75, 3.05) is 7.05 Å². The first kappa shape index (κ1) is 12.3. The van der Waals surface area contributed by atoms with Gasteiger partial charge in [0.05, 0.1) is 11.8 Å². The van der Waals surface area contributed by atoms with Crippen molar-refractivity contribution in [1.82, 2.24) is 25.2 Å². The van der Waals surface area contributed by atoms with Crippen LogP contribution in [0, 0.1) is 0 Å². The number of aryl methyl sites for hydroxylation is 1. The number of hydrogen-bond donors (Lipinski definition) is 1.